The predicted molar refractivity (Wildman–Crippen MR) is 116 cm³/mol. The lowest BCUT2D eigenvalue weighted by Crippen LogP contribution is -2.47. The van der Waals surface area contributed by atoms with Gasteiger partial charge >= 0.3 is 0 Å². The van der Waals surface area contributed by atoms with Crippen LogP contribution < -0.4 is 0 Å². The molecule has 0 radical (unpaired) electrons. The molecule has 2 atom stereocenters. The standard InChI is InChI=1S/C24H33N3O/c1-5-8-12-27-16-17-14-22-20(19-10-9-11-21(27)23(17)19)13-18(15-25(22)4)24(28)26(6-2)7-3/h9-11,13,16,18,22H,5-8,12,14-15H2,1-4H3/t18-,22-/m1/s1. The van der Waals surface area contributed by atoms with E-state index in [1.165, 1.54) is 40.4 Å². The van der Waals surface area contributed by atoms with Crippen LogP contribution in [0, 0.1) is 5.92 Å². The molecule has 150 valence electrons. The van der Waals surface area contributed by atoms with Crippen LogP contribution in [0.15, 0.2) is 30.5 Å². The van der Waals surface area contributed by atoms with Crippen LogP contribution in [0.25, 0.3) is 16.5 Å². The van der Waals surface area contributed by atoms with Gasteiger partial charge in [-0.2, -0.15) is 0 Å². The van der Waals surface area contributed by atoms with Gasteiger partial charge in [-0.3, -0.25) is 9.69 Å². The zero-order chi connectivity index (χ0) is 19.8. The lowest BCUT2D eigenvalue weighted by atomic mass is 9.79. The molecular formula is C24H33N3O. The molecule has 2 aliphatic rings. The second-order valence-electron chi connectivity index (χ2n) is 8.30. The van der Waals surface area contributed by atoms with E-state index in [1.54, 1.807) is 0 Å². The Hall–Kier alpha value is -2.07. The molecule has 1 amide bonds. The Morgan fingerprint density at radius 2 is 2.00 bits per heavy atom. The number of nitrogens with zero attached hydrogens (tertiary/aromatic N) is 3. The van der Waals surface area contributed by atoms with Gasteiger partial charge in [0.15, 0.2) is 0 Å². The average Bonchev–Trinajstić information content (AvgIpc) is 3.06. The number of benzene rings is 1. The Labute approximate surface area is 168 Å². The van der Waals surface area contributed by atoms with Gasteiger partial charge in [0.2, 0.25) is 5.91 Å². The topological polar surface area (TPSA) is 28.5 Å². The molecule has 0 spiro atoms. The Morgan fingerprint density at radius 1 is 1.21 bits per heavy atom. The minimum absolute atomic E-state index is 0.0462. The summed E-state index contributed by atoms with van der Waals surface area (Å²) in [5.41, 5.74) is 5.50. The molecule has 1 aliphatic heterocycles. The van der Waals surface area contributed by atoms with Gasteiger partial charge < -0.3 is 9.47 Å². The van der Waals surface area contributed by atoms with Crippen molar-refractivity contribution < 1.29 is 4.79 Å². The van der Waals surface area contributed by atoms with E-state index in [2.05, 4.69) is 67.8 Å². The highest BCUT2D eigenvalue weighted by Gasteiger charge is 2.36. The van der Waals surface area contributed by atoms with E-state index < -0.39 is 0 Å². The smallest absolute Gasteiger partial charge is 0.230 e. The van der Waals surface area contributed by atoms with E-state index in [1.807, 2.05) is 4.90 Å². The molecule has 0 bridgehead atoms. The Morgan fingerprint density at radius 3 is 2.71 bits per heavy atom. The van der Waals surface area contributed by atoms with Crippen molar-refractivity contribution in [1.82, 2.24) is 14.4 Å². The first-order chi connectivity index (χ1) is 13.6. The van der Waals surface area contributed by atoms with Crippen molar-refractivity contribution >= 4 is 22.4 Å². The van der Waals surface area contributed by atoms with Crippen molar-refractivity contribution in [2.24, 2.45) is 5.92 Å². The van der Waals surface area contributed by atoms with E-state index in [0.717, 1.165) is 32.6 Å². The second-order valence-corrected chi connectivity index (χ2v) is 8.30. The maximum absolute atomic E-state index is 13.0. The molecule has 2 aromatic rings. The quantitative estimate of drug-likeness (QED) is 0.753. The summed E-state index contributed by atoms with van der Waals surface area (Å²) in [4.78, 5) is 17.4. The van der Waals surface area contributed by atoms with E-state index >= 15 is 0 Å². The van der Waals surface area contributed by atoms with Crippen LogP contribution in [0.5, 0.6) is 0 Å². The molecule has 0 saturated heterocycles. The molecule has 4 rings (SSSR count). The van der Waals surface area contributed by atoms with Crippen LogP contribution in [0.2, 0.25) is 0 Å². The summed E-state index contributed by atoms with van der Waals surface area (Å²) >= 11 is 0. The van der Waals surface area contributed by atoms with Crippen LogP contribution in [-0.4, -0.2) is 53.0 Å². The highest BCUT2D eigenvalue weighted by Crippen LogP contribution is 2.41. The molecule has 2 heterocycles. The summed E-state index contributed by atoms with van der Waals surface area (Å²) in [6, 6.07) is 7.07. The summed E-state index contributed by atoms with van der Waals surface area (Å²) in [7, 11) is 2.18. The average molecular weight is 380 g/mol. The van der Waals surface area contributed by atoms with Gasteiger partial charge in [-0.05, 0) is 56.5 Å². The molecule has 4 heteroatoms. The van der Waals surface area contributed by atoms with E-state index in [0.29, 0.717) is 6.04 Å². The number of aryl methyl sites for hydroxylation is 1. The van der Waals surface area contributed by atoms with E-state index in [4.69, 9.17) is 0 Å². The summed E-state index contributed by atoms with van der Waals surface area (Å²) in [6.07, 6.45) is 8.12. The molecule has 1 aromatic heterocycles. The first-order valence-corrected chi connectivity index (χ1v) is 10.9. The summed E-state index contributed by atoms with van der Waals surface area (Å²) < 4.78 is 2.44. The maximum atomic E-state index is 13.0. The molecule has 4 nitrogen and oxygen atoms in total. The highest BCUT2D eigenvalue weighted by molar-refractivity contribution is 5.99. The highest BCUT2D eigenvalue weighted by atomic mass is 16.2. The summed E-state index contributed by atoms with van der Waals surface area (Å²) in [6.45, 7) is 9.83. The van der Waals surface area contributed by atoms with Gasteiger partial charge in [0.25, 0.3) is 0 Å². The van der Waals surface area contributed by atoms with Crippen LogP contribution in [0.4, 0.5) is 0 Å². The Balaban J connectivity index is 1.78. The fourth-order valence-corrected chi connectivity index (χ4v) is 5.07. The number of aromatic nitrogens is 1. The number of rotatable bonds is 6. The molecule has 1 aliphatic carbocycles. The monoisotopic (exact) mass is 379 g/mol. The molecular weight excluding hydrogens is 346 g/mol. The molecule has 0 N–H and O–H groups in total. The summed E-state index contributed by atoms with van der Waals surface area (Å²) in [5, 5.41) is 1.41. The van der Waals surface area contributed by atoms with Gasteiger partial charge in [-0.15, -0.1) is 0 Å². The first-order valence-electron chi connectivity index (χ1n) is 10.9. The summed E-state index contributed by atoms with van der Waals surface area (Å²) in [5.74, 6) is 0.219. The SMILES string of the molecule is CCCCn1cc2c3c(cccc31)C1=C[C@@H](C(=O)N(CC)CC)CN(C)[C@@H]1C2. The second kappa shape index (κ2) is 7.75. The first kappa shape index (κ1) is 19.3. The third kappa shape index (κ3) is 3.08. The van der Waals surface area contributed by atoms with Crippen LogP contribution in [0.1, 0.15) is 44.7 Å². The minimum Gasteiger partial charge on any atom is -0.347 e. The molecule has 28 heavy (non-hydrogen) atoms. The molecule has 0 saturated carbocycles. The normalized spacial score (nSPS) is 21.5. The zero-order valence-electron chi connectivity index (χ0n) is 17.7. The Bertz CT molecular complexity index is 906. The van der Waals surface area contributed by atoms with Gasteiger partial charge in [0.1, 0.15) is 0 Å². The molecule has 0 unspecified atom stereocenters. The van der Waals surface area contributed by atoms with Crippen molar-refractivity contribution in [3.8, 4) is 0 Å². The van der Waals surface area contributed by atoms with Crippen LogP contribution in [-0.2, 0) is 17.8 Å². The fraction of sp³-hybridized carbons (Fsp3) is 0.542. The number of hydrogen-bond acceptors (Lipinski definition) is 2. The Kier molecular flexibility index (Phi) is 5.33. The number of amides is 1. The van der Waals surface area contributed by atoms with E-state index in [9.17, 15) is 4.79 Å². The van der Waals surface area contributed by atoms with Crippen LogP contribution >= 0.6 is 0 Å². The molecule has 0 fully saturated rings. The number of hydrogen-bond donors (Lipinski definition) is 0. The zero-order valence-corrected chi connectivity index (χ0v) is 17.7. The number of fused-ring (bicyclic) bond motifs is 2. The largest absolute Gasteiger partial charge is 0.347 e. The van der Waals surface area contributed by atoms with Gasteiger partial charge in [0, 0.05) is 49.3 Å². The van der Waals surface area contributed by atoms with Crippen molar-refractivity contribution in [1.29, 1.82) is 0 Å². The van der Waals surface area contributed by atoms with Crippen molar-refractivity contribution in [2.45, 2.75) is 52.6 Å². The number of unbranched alkanes of at least 4 members (excludes halogenated alkanes) is 1. The van der Waals surface area contributed by atoms with Crippen LogP contribution in [0.3, 0.4) is 0 Å². The van der Waals surface area contributed by atoms with Gasteiger partial charge in [-0.25, -0.2) is 0 Å². The van der Waals surface area contributed by atoms with Crippen molar-refractivity contribution in [3.63, 3.8) is 0 Å². The number of likely N-dealkylation sites (N-methyl/N-ethyl adjacent to an activating group) is 1. The van der Waals surface area contributed by atoms with Crippen molar-refractivity contribution in [3.05, 3.63) is 41.6 Å². The molecule has 1 aromatic carbocycles. The fourth-order valence-electron chi connectivity index (χ4n) is 5.07. The third-order valence-corrected chi connectivity index (χ3v) is 6.61. The lowest BCUT2D eigenvalue weighted by molar-refractivity contribution is -0.134. The predicted octanol–water partition coefficient (Wildman–Crippen LogP) is 4.18. The van der Waals surface area contributed by atoms with Gasteiger partial charge in [0.05, 0.1) is 5.92 Å². The minimum atomic E-state index is -0.0462. The van der Waals surface area contributed by atoms with Gasteiger partial charge in [-0.1, -0.05) is 31.6 Å². The van der Waals surface area contributed by atoms with E-state index in [-0.39, 0.29) is 11.8 Å². The maximum Gasteiger partial charge on any atom is 0.230 e. The number of carbonyl (C=O) groups is 1. The van der Waals surface area contributed by atoms with Crippen molar-refractivity contribution in [2.75, 3.05) is 26.7 Å². The lowest BCUT2D eigenvalue weighted by Gasteiger charge is -2.40. The number of carbonyl (C=O) groups excluding carboxylic acids is 1. The third-order valence-electron chi connectivity index (χ3n) is 6.61.